The first-order valence-electron chi connectivity index (χ1n) is 4.36. The zero-order valence-corrected chi connectivity index (χ0v) is 10.9. The molecule has 0 aliphatic heterocycles. The van der Waals surface area contributed by atoms with E-state index in [0.717, 1.165) is 0 Å². The zero-order chi connectivity index (χ0) is 11.0. The van der Waals surface area contributed by atoms with E-state index < -0.39 is 5.69 Å². The molecule has 0 spiro atoms. The van der Waals surface area contributed by atoms with Crippen molar-refractivity contribution in [3.8, 4) is 0 Å². The van der Waals surface area contributed by atoms with Gasteiger partial charge in [-0.2, -0.15) is 0 Å². The van der Waals surface area contributed by atoms with Crippen LogP contribution in [0.25, 0.3) is 0 Å². The Morgan fingerprint density at radius 2 is 1.93 bits per heavy atom. The lowest BCUT2D eigenvalue weighted by Gasteiger charge is -2.19. The van der Waals surface area contributed by atoms with Crippen LogP contribution >= 0.6 is 17.1 Å². The Morgan fingerprint density at radius 3 is 2.29 bits per heavy atom. The van der Waals surface area contributed by atoms with Gasteiger partial charge in [-0.3, -0.25) is 4.79 Å². The minimum absolute atomic E-state index is 0.309. The molecule has 0 saturated carbocycles. The average molecular weight is 257 g/mol. The summed E-state index contributed by atoms with van der Waals surface area (Å²) >= 11 is 6.61. The van der Waals surface area contributed by atoms with E-state index >= 15 is 0 Å². The first kappa shape index (κ1) is 14.4. The fourth-order valence-corrected chi connectivity index (χ4v) is 5.39. The number of rotatable bonds is 8. The lowest BCUT2D eigenvalue weighted by atomic mass is 10.5. The monoisotopic (exact) mass is 257 g/mol. The van der Waals surface area contributed by atoms with Gasteiger partial charge >= 0.3 is 0 Å². The Hall–Kier alpha value is 0.390. The van der Waals surface area contributed by atoms with E-state index in [0.29, 0.717) is 25.4 Å². The number of primary amides is 1. The van der Waals surface area contributed by atoms with Crippen LogP contribution in [0.3, 0.4) is 0 Å². The quantitative estimate of drug-likeness (QED) is 0.673. The van der Waals surface area contributed by atoms with Gasteiger partial charge in [0.2, 0.25) is 11.6 Å². The van der Waals surface area contributed by atoms with Crippen molar-refractivity contribution in [3.05, 3.63) is 0 Å². The van der Waals surface area contributed by atoms with Crippen LogP contribution in [0.5, 0.6) is 0 Å². The Labute approximate surface area is 93.8 Å². The average Bonchev–Trinajstić information content (AvgIpc) is 2.03. The summed E-state index contributed by atoms with van der Waals surface area (Å²) in [6, 6.07) is 0. The number of nitrogens with two attached hydrogens (primary N) is 1. The van der Waals surface area contributed by atoms with Gasteiger partial charge < -0.3 is 14.8 Å². The molecule has 0 saturated heterocycles. The third-order valence-corrected chi connectivity index (χ3v) is 6.73. The highest BCUT2D eigenvalue weighted by Gasteiger charge is 2.18. The van der Waals surface area contributed by atoms with Crippen molar-refractivity contribution in [2.24, 2.45) is 5.73 Å². The van der Waals surface area contributed by atoms with Crippen LogP contribution in [-0.2, 0) is 25.6 Å². The van der Waals surface area contributed by atoms with E-state index in [4.69, 9.17) is 26.6 Å². The van der Waals surface area contributed by atoms with Gasteiger partial charge in [-0.25, -0.2) is 0 Å². The van der Waals surface area contributed by atoms with Gasteiger partial charge in [0.05, 0.1) is 13.2 Å². The first-order valence-corrected chi connectivity index (χ1v) is 8.59. The van der Waals surface area contributed by atoms with E-state index in [1.807, 2.05) is 13.8 Å². The predicted octanol–water partition coefficient (Wildman–Crippen LogP) is 1.89. The summed E-state index contributed by atoms with van der Waals surface area (Å²) in [4.78, 5) is 10.5. The molecule has 0 aromatic carbocycles. The second-order valence-corrected chi connectivity index (χ2v) is 8.76. The van der Waals surface area contributed by atoms with E-state index in [-0.39, 0.29) is 5.91 Å². The summed E-state index contributed by atoms with van der Waals surface area (Å²) in [6.45, 7) is 4.80. The number of hydrogen-bond donors (Lipinski definition) is 1. The molecule has 0 radical (unpaired) electrons. The van der Waals surface area contributed by atoms with Crippen LogP contribution in [0, 0.1) is 0 Å². The highest BCUT2D eigenvalue weighted by Crippen LogP contribution is 2.60. The molecule has 0 rings (SSSR count). The van der Waals surface area contributed by atoms with Crippen molar-refractivity contribution >= 4 is 34.8 Å². The van der Waals surface area contributed by atoms with Crippen molar-refractivity contribution in [1.82, 2.24) is 0 Å². The van der Waals surface area contributed by atoms with Crippen LogP contribution in [0.4, 0.5) is 0 Å². The fourth-order valence-electron chi connectivity index (χ4n) is 0.686. The summed E-state index contributed by atoms with van der Waals surface area (Å²) in [6.07, 6.45) is 0.309. The van der Waals surface area contributed by atoms with Gasteiger partial charge in [-0.15, -0.1) is 0 Å². The maximum absolute atomic E-state index is 10.5. The fraction of sp³-hybridized carbons (Fsp3) is 0.857. The molecule has 0 unspecified atom stereocenters. The highest BCUT2D eigenvalue weighted by atomic mass is 32.9. The van der Waals surface area contributed by atoms with Crippen molar-refractivity contribution < 1.29 is 13.8 Å². The molecule has 0 aromatic heterocycles. The molecule has 0 aliphatic rings. The molecular formula is C7H16NO3PS2. The summed E-state index contributed by atoms with van der Waals surface area (Å²) < 4.78 is 10.7. The molecule has 0 bridgehead atoms. The van der Waals surface area contributed by atoms with Crippen molar-refractivity contribution in [2.45, 2.75) is 20.3 Å². The minimum atomic E-state index is -2.23. The second kappa shape index (κ2) is 7.65. The van der Waals surface area contributed by atoms with E-state index in [2.05, 4.69) is 0 Å². The van der Waals surface area contributed by atoms with Crippen LogP contribution in [0.2, 0.25) is 0 Å². The first-order chi connectivity index (χ1) is 6.54. The Balaban J connectivity index is 3.96. The Kier molecular flexibility index (Phi) is 7.86. The molecule has 0 atom stereocenters. The Bertz CT molecular complexity index is 215. The van der Waals surface area contributed by atoms with E-state index in [1.165, 1.54) is 11.4 Å². The van der Waals surface area contributed by atoms with Crippen LogP contribution < -0.4 is 5.73 Å². The van der Waals surface area contributed by atoms with Gasteiger partial charge in [0.1, 0.15) is 0 Å². The predicted molar refractivity (Wildman–Crippen MR) is 63.8 cm³/mol. The van der Waals surface area contributed by atoms with Gasteiger partial charge in [0, 0.05) is 12.2 Å². The molecule has 0 aliphatic carbocycles. The van der Waals surface area contributed by atoms with Crippen molar-refractivity contribution in [3.63, 3.8) is 0 Å². The highest BCUT2D eigenvalue weighted by molar-refractivity contribution is 8.67. The molecule has 0 heterocycles. The normalized spacial score (nSPS) is 11.6. The topological polar surface area (TPSA) is 61.6 Å². The van der Waals surface area contributed by atoms with Crippen LogP contribution in [-0.4, -0.2) is 24.9 Å². The molecule has 1 amide bonds. The maximum atomic E-state index is 10.5. The van der Waals surface area contributed by atoms with Crippen LogP contribution in [0.1, 0.15) is 20.3 Å². The number of hydrogen-bond acceptors (Lipinski definition) is 5. The van der Waals surface area contributed by atoms with Gasteiger partial charge in [0.25, 0.3) is 0 Å². The number of carbonyl (C=O) groups excluding carboxylic acids is 1. The van der Waals surface area contributed by atoms with Gasteiger partial charge in [0.15, 0.2) is 0 Å². The molecule has 84 valence electrons. The number of amides is 1. The lowest BCUT2D eigenvalue weighted by Crippen LogP contribution is -2.11. The summed E-state index contributed by atoms with van der Waals surface area (Å²) in [5.41, 5.74) is 2.78. The minimum Gasteiger partial charge on any atom is -0.370 e. The molecular weight excluding hydrogens is 241 g/mol. The van der Waals surface area contributed by atoms with Gasteiger partial charge in [-0.1, -0.05) is 11.4 Å². The maximum Gasteiger partial charge on any atom is 0.247 e. The second-order valence-electron chi connectivity index (χ2n) is 2.33. The number of carbonyl (C=O) groups is 1. The zero-order valence-electron chi connectivity index (χ0n) is 8.39. The molecule has 4 nitrogen and oxygen atoms in total. The van der Waals surface area contributed by atoms with Gasteiger partial charge in [-0.05, 0) is 25.7 Å². The third kappa shape index (κ3) is 6.79. The molecule has 0 fully saturated rings. The van der Waals surface area contributed by atoms with Crippen LogP contribution in [0.15, 0.2) is 0 Å². The molecule has 7 heteroatoms. The molecule has 0 aromatic rings. The largest absolute Gasteiger partial charge is 0.370 e. The molecule has 14 heavy (non-hydrogen) atoms. The third-order valence-electron chi connectivity index (χ3n) is 1.17. The summed E-state index contributed by atoms with van der Waals surface area (Å²) in [5, 5.41) is 0. The van der Waals surface area contributed by atoms with Crippen molar-refractivity contribution in [2.75, 3.05) is 19.0 Å². The molecule has 2 N–H and O–H groups in total. The lowest BCUT2D eigenvalue weighted by molar-refractivity contribution is -0.117. The SMILES string of the molecule is CCOP(=S)(OCC)SCCC(N)=O. The summed E-state index contributed by atoms with van der Waals surface area (Å²) in [7, 11) is 0. The van der Waals surface area contributed by atoms with E-state index in [1.54, 1.807) is 0 Å². The smallest absolute Gasteiger partial charge is 0.247 e. The summed E-state index contributed by atoms with van der Waals surface area (Å²) in [5.74, 6) is 0.235. The van der Waals surface area contributed by atoms with Crippen molar-refractivity contribution in [1.29, 1.82) is 0 Å². The van der Waals surface area contributed by atoms with E-state index in [9.17, 15) is 4.79 Å². The Morgan fingerprint density at radius 1 is 1.43 bits per heavy atom. The standard InChI is InChI=1S/C7H16NO3PS2/c1-3-10-12(13,11-4-2)14-6-5-7(8)9/h3-6H2,1-2H3,(H2,8,9).